The third-order valence-electron chi connectivity index (χ3n) is 3.60. The van der Waals surface area contributed by atoms with Crippen molar-refractivity contribution in [3.8, 4) is 0 Å². The normalized spacial score (nSPS) is 14.2. The number of nitrogens with two attached hydrogens (primary N) is 1. The molecular formula is C18H23ClF3N3. The van der Waals surface area contributed by atoms with Gasteiger partial charge in [-0.1, -0.05) is 63.2 Å². The predicted molar refractivity (Wildman–Crippen MR) is 97.4 cm³/mol. The van der Waals surface area contributed by atoms with Gasteiger partial charge in [-0.05, 0) is 23.5 Å². The number of nitrogens with zero attached hydrogens (tertiary/aromatic N) is 1. The van der Waals surface area contributed by atoms with E-state index in [9.17, 15) is 13.2 Å². The molecule has 0 bridgehead atoms. The van der Waals surface area contributed by atoms with E-state index in [0.717, 1.165) is 5.56 Å². The Hall–Kier alpha value is -1.95. The van der Waals surface area contributed by atoms with E-state index in [0.29, 0.717) is 17.8 Å². The first kappa shape index (κ1) is 21.1. The predicted octanol–water partition coefficient (Wildman–Crippen LogP) is 4.98. The Morgan fingerprint density at radius 3 is 2.16 bits per heavy atom. The fraction of sp³-hybridized carbons (Fsp3) is 0.389. The number of alkyl halides is 3. The highest BCUT2D eigenvalue weighted by Gasteiger charge is 2.33. The summed E-state index contributed by atoms with van der Waals surface area (Å²) < 4.78 is 37.2. The molecule has 1 aromatic rings. The zero-order chi connectivity index (χ0) is 19.4. The van der Waals surface area contributed by atoms with Crippen molar-refractivity contribution in [1.82, 2.24) is 5.32 Å². The van der Waals surface area contributed by atoms with E-state index in [4.69, 9.17) is 17.3 Å². The summed E-state index contributed by atoms with van der Waals surface area (Å²) in [5, 5.41) is 2.67. The Balaban J connectivity index is 2.77. The van der Waals surface area contributed by atoms with Crippen LogP contribution in [0.4, 0.5) is 13.2 Å². The van der Waals surface area contributed by atoms with E-state index in [1.165, 1.54) is 12.5 Å². The number of hydrogen-bond donors (Lipinski definition) is 2. The molecule has 0 radical (unpaired) electrons. The van der Waals surface area contributed by atoms with Crippen molar-refractivity contribution in [3.63, 3.8) is 0 Å². The molecule has 0 aromatic heterocycles. The monoisotopic (exact) mass is 373 g/mol. The van der Waals surface area contributed by atoms with Crippen LogP contribution in [-0.2, 0) is 12.0 Å². The maximum absolute atomic E-state index is 12.4. The van der Waals surface area contributed by atoms with Gasteiger partial charge in [0.25, 0.3) is 0 Å². The van der Waals surface area contributed by atoms with Crippen molar-refractivity contribution < 1.29 is 13.2 Å². The van der Waals surface area contributed by atoms with Crippen LogP contribution < -0.4 is 11.1 Å². The third kappa shape index (κ3) is 6.46. The summed E-state index contributed by atoms with van der Waals surface area (Å²) in [5.74, 6) is -1.50. The highest BCUT2D eigenvalue weighted by Crippen LogP contribution is 2.23. The molecule has 1 aromatic carbocycles. The molecule has 0 saturated carbocycles. The standard InChI is InChI=1S/C18H23ClF3N3/c1-11(15(19)25-16(23)18(20,21)22)12(2)24-10-13-6-8-14(9-7-13)17(3,4)5/h6-9,24H,2,10H2,1,3-5H3,(H2,23,25)/b15-11-. The Morgan fingerprint density at radius 2 is 1.72 bits per heavy atom. The highest BCUT2D eigenvalue weighted by molar-refractivity contribution is 6.30. The van der Waals surface area contributed by atoms with Gasteiger partial charge in [0.2, 0.25) is 5.84 Å². The molecular weight excluding hydrogens is 351 g/mol. The van der Waals surface area contributed by atoms with Gasteiger partial charge in [0.1, 0.15) is 5.16 Å². The molecule has 0 heterocycles. The van der Waals surface area contributed by atoms with E-state index in [1.54, 1.807) is 0 Å². The van der Waals surface area contributed by atoms with Crippen LogP contribution in [0.25, 0.3) is 0 Å². The third-order valence-corrected chi connectivity index (χ3v) is 3.97. The zero-order valence-corrected chi connectivity index (χ0v) is 15.5. The number of hydrogen-bond acceptors (Lipinski definition) is 2. The second-order valence-corrected chi connectivity index (χ2v) is 7.05. The fourth-order valence-corrected chi connectivity index (χ4v) is 2.05. The summed E-state index contributed by atoms with van der Waals surface area (Å²) in [6.45, 7) is 12.1. The van der Waals surface area contributed by atoms with Crippen LogP contribution in [0.1, 0.15) is 38.8 Å². The van der Waals surface area contributed by atoms with Crippen LogP contribution in [0.15, 0.2) is 52.3 Å². The zero-order valence-electron chi connectivity index (χ0n) is 14.8. The molecule has 0 aliphatic heterocycles. The van der Waals surface area contributed by atoms with Gasteiger partial charge in [0, 0.05) is 17.8 Å². The Morgan fingerprint density at radius 1 is 1.20 bits per heavy atom. The Labute approximate surface area is 151 Å². The minimum atomic E-state index is -4.72. The van der Waals surface area contributed by atoms with Crippen molar-refractivity contribution in [2.24, 2.45) is 10.7 Å². The SMILES string of the molecule is C=C(NCc1ccc(C(C)(C)C)cc1)/C(C)=C(/Cl)N=C(N)C(F)(F)F. The maximum Gasteiger partial charge on any atom is 0.449 e. The van der Waals surface area contributed by atoms with Crippen molar-refractivity contribution in [2.75, 3.05) is 0 Å². The summed E-state index contributed by atoms with van der Waals surface area (Å²) in [5.41, 5.74) is 7.82. The lowest BCUT2D eigenvalue weighted by molar-refractivity contribution is -0.0598. The van der Waals surface area contributed by atoms with E-state index < -0.39 is 12.0 Å². The summed E-state index contributed by atoms with van der Waals surface area (Å²) in [6, 6.07) is 8.07. The molecule has 1 rings (SSSR count). The largest absolute Gasteiger partial charge is 0.449 e. The van der Waals surface area contributed by atoms with Gasteiger partial charge in [0.05, 0.1) is 0 Å². The second kappa shape index (κ2) is 7.95. The molecule has 0 saturated heterocycles. The lowest BCUT2D eigenvalue weighted by Gasteiger charge is -2.19. The van der Waals surface area contributed by atoms with Gasteiger partial charge in [-0.2, -0.15) is 13.2 Å². The van der Waals surface area contributed by atoms with Gasteiger partial charge < -0.3 is 11.1 Å². The molecule has 0 spiro atoms. The maximum atomic E-state index is 12.4. The van der Waals surface area contributed by atoms with Crippen LogP contribution in [0.5, 0.6) is 0 Å². The number of allylic oxidation sites excluding steroid dienone is 1. The number of benzene rings is 1. The first-order valence-electron chi connectivity index (χ1n) is 7.62. The number of halogens is 4. The lowest BCUT2D eigenvalue weighted by atomic mass is 9.87. The van der Waals surface area contributed by atoms with Crippen molar-refractivity contribution in [2.45, 2.75) is 45.8 Å². The molecule has 138 valence electrons. The van der Waals surface area contributed by atoms with Gasteiger partial charge in [-0.25, -0.2) is 4.99 Å². The molecule has 0 fully saturated rings. The van der Waals surface area contributed by atoms with Crippen LogP contribution in [0.2, 0.25) is 0 Å². The quantitative estimate of drug-likeness (QED) is 0.331. The number of amidine groups is 1. The second-order valence-electron chi connectivity index (χ2n) is 6.69. The molecule has 0 aliphatic rings. The molecule has 3 N–H and O–H groups in total. The van der Waals surface area contributed by atoms with E-state index >= 15 is 0 Å². The van der Waals surface area contributed by atoms with E-state index in [-0.39, 0.29) is 10.6 Å². The van der Waals surface area contributed by atoms with Gasteiger partial charge >= 0.3 is 6.18 Å². The average Bonchev–Trinajstić information content (AvgIpc) is 2.50. The van der Waals surface area contributed by atoms with Crippen molar-refractivity contribution in [3.05, 3.63) is 58.4 Å². The summed E-state index contributed by atoms with van der Waals surface area (Å²) in [7, 11) is 0. The first-order chi connectivity index (χ1) is 11.3. The van der Waals surface area contributed by atoms with Gasteiger partial charge in [0.15, 0.2) is 0 Å². The van der Waals surface area contributed by atoms with E-state index in [2.05, 4.69) is 37.7 Å². The van der Waals surface area contributed by atoms with E-state index in [1.807, 2.05) is 24.3 Å². The summed E-state index contributed by atoms with van der Waals surface area (Å²) >= 11 is 5.79. The number of rotatable bonds is 5. The highest BCUT2D eigenvalue weighted by atomic mass is 35.5. The van der Waals surface area contributed by atoms with Crippen LogP contribution in [0, 0.1) is 0 Å². The van der Waals surface area contributed by atoms with Gasteiger partial charge in [-0.15, -0.1) is 0 Å². The molecule has 0 atom stereocenters. The Bertz CT molecular complexity index is 681. The molecule has 3 nitrogen and oxygen atoms in total. The van der Waals surface area contributed by atoms with Crippen LogP contribution in [0.3, 0.4) is 0 Å². The Kier molecular flexibility index (Phi) is 6.71. The summed E-state index contributed by atoms with van der Waals surface area (Å²) in [4.78, 5) is 3.18. The molecule has 7 heteroatoms. The molecule has 0 amide bonds. The minimum absolute atomic E-state index is 0.0683. The van der Waals surface area contributed by atoms with Crippen molar-refractivity contribution in [1.29, 1.82) is 0 Å². The van der Waals surface area contributed by atoms with Crippen molar-refractivity contribution >= 4 is 17.4 Å². The number of aliphatic imine (C=N–C) groups is 1. The lowest BCUT2D eigenvalue weighted by Crippen LogP contribution is -2.31. The van der Waals surface area contributed by atoms with Crippen LogP contribution >= 0.6 is 11.6 Å². The molecule has 25 heavy (non-hydrogen) atoms. The molecule has 0 unspecified atom stereocenters. The van der Waals surface area contributed by atoms with Crippen LogP contribution in [-0.4, -0.2) is 12.0 Å². The number of nitrogens with one attached hydrogen (secondary N) is 1. The fourth-order valence-electron chi connectivity index (χ4n) is 1.84. The van der Waals surface area contributed by atoms with Gasteiger partial charge in [-0.3, -0.25) is 0 Å². The summed E-state index contributed by atoms with van der Waals surface area (Å²) in [6.07, 6.45) is -4.72. The average molecular weight is 374 g/mol. The molecule has 0 aliphatic carbocycles. The first-order valence-corrected chi connectivity index (χ1v) is 8.00. The minimum Gasteiger partial charge on any atom is -0.381 e. The topological polar surface area (TPSA) is 50.4 Å². The smallest absolute Gasteiger partial charge is 0.381 e.